The summed E-state index contributed by atoms with van der Waals surface area (Å²) < 4.78 is 8.39. The van der Waals surface area contributed by atoms with Crippen LogP contribution >= 0.6 is 0 Å². The number of ether oxygens (including phenoxy) is 1. The summed E-state index contributed by atoms with van der Waals surface area (Å²) in [5.41, 5.74) is 3.01. The molecule has 6 nitrogen and oxygen atoms in total. The van der Waals surface area contributed by atoms with E-state index in [-0.39, 0.29) is 11.5 Å². The smallest absolute Gasteiger partial charge is 0.254 e. The van der Waals surface area contributed by atoms with E-state index in [0.717, 1.165) is 49.0 Å². The molecule has 31 heavy (non-hydrogen) atoms. The molecular weight excluding hydrogens is 388 g/mol. The van der Waals surface area contributed by atoms with Crippen LogP contribution in [0.15, 0.2) is 55.0 Å². The molecule has 4 heterocycles. The van der Waals surface area contributed by atoms with Crippen molar-refractivity contribution in [3.8, 4) is 0 Å². The maximum atomic E-state index is 12.9. The number of amides is 1. The first kappa shape index (κ1) is 20.2. The SMILES string of the molecule is CN(Cc1cccnc1)C[C@@H]1CCC2(CN(C(=O)c3ccc4c(ccn4C)c3)C2)OC1. The molecule has 5 rings (SSSR count). The van der Waals surface area contributed by atoms with Gasteiger partial charge in [0.25, 0.3) is 5.91 Å². The fourth-order valence-corrected chi connectivity index (χ4v) is 5.01. The van der Waals surface area contributed by atoms with Crippen molar-refractivity contribution >= 4 is 16.8 Å². The van der Waals surface area contributed by atoms with Crippen molar-refractivity contribution in [2.24, 2.45) is 13.0 Å². The van der Waals surface area contributed by atoms with Crippen LogP contribution in [0, 0.1) is 5.92 Å². The summed E-state index contributed by atoms with van der Waals surface area (Å²) >= 11 is 0. The maximum Gasteiger partial charge on any atom is 0.254 e. The minimum atomic E-state index is -0.134. The Morgan fingerprint density at radius 1 is 1.29 bits per heavy atom. The van der Waals surface area contributed by atoms with Crippen LogP contribution in [0.4, 0.5) is 0 Å². The average molecular weight is 419 g/mol. The standard InChI is InChI=1S/C25H30N4O2/c1-27(14-19-4-3-10-26-13-19)15-20-7-9-25(31-16-20)17-29(18-25)24(30)22-5-6-23-21(12-22)8-11-28(23)2/h3-6,8,10-13,20H,7,9,14-18H2,1-2H3/t20-/m0/s1. The largest absolute Gasteiger partial charge is 0.371 e. The second-order valence-corrected chi connectivity index (χ2v) is 9.32. The van der Waals surface area contributed by atoms with Gasteiger partial charge in [-0.25, -0.2) is 0 Å². The number of likely N-dealkylation sites (tertiary alicyclic amines) is 1. The Bertz CT molecular complexity index is 1060. The Hall–Kier alpha value is -2.70. The number of benzene rings is 1. The lowest BCUT2D eigenvalue weighted by atomic mass is 9.82. The lowest BCUT2D eigenvalue weighted by Gasteiger charge is -2.53. The number of nitrogens with zero attached hydrogens (tertiary/aromatic N) is 4. The van der Waals surface area contributed by atoms with Crippen molar-refractivity contribution in [1.82, 2.24) is 19.4 Å². The Morgan fingerprint density at radius 2 is 2.16 bits per heavy atom. The fourth-order valence-electron chi connectivity index (χ4n) is 5.01. The quantitative estimate of drug-likeness (QED) is 0.638. The van der Waals surface area contributed by atoms with Crippen LogP contribution in [-0.4, -0.2) is 64.1 Å². The molecule has 1 amide bonds. The van der Waals surface area contributed by atoms with Crippen LogP contribution in [-0.2, 0) is 18.3 Å². The highest BCUT2D eigenvalue weighted by atomic mass is 16.5. The molecule has 2 aromatic heterocycles. The Labute approximate surface area is 183 Å². The van der Waals surface area contributed by atoms with Crippen LogP contribution in [0.5, 0.6) is 0 Å². The Balaban J connectivity index is 1.11. The molecule has 0 N–H and O–H groups in total. The average Bonchev–Trinajstić information content (AvgIpc) is 3.13. The molecule has 0 aliphatic carbocycles. The lowest BCUT2D eigenvalue weighted by molar-refractivity contribution is -0.168. The summed E-state index contributed by atoms with van der Waals surface area (Å²) in [6.45, 7) is 4.11. The first-order valence-electron chi connectivity index (χ1n) is 11.1. The number of hydrogen-bond donors (Lipinski definition) is 0. The van der Waals surface area contributed by atoms with E-state index in [0.29, 0.717) is 19.0 Å². The van der Waals surface area contributed by atoms with Gasteiger partial charge in [0.15, 0.2) is 0 Å². The number of fused-ring (bicyclic) bond motifs is 1. The van der Waals surface area contributed by atoms with E-state index in [2.05, 4.69) is 33.6 Å². The van der Waals surface area contributed by atoms with Crippen molar-refractivity contribution < 1.29 is 9.53 Å². The molecule has 1 aromatic carbocycles. The summed E-state index contributed by atoms with van der Waals surface area (Å²) in [7, 11) is 4.18. The van der Waals surface area contributed by atoms with Crippen LogP contribution in [0.25, 0.3) is 10.9 Å². The third-order valence-electron chi connectivity index (χ3n) is 6.76. The topological polar surface area (TPSA) is 50.6 Å². The summed E-state index contributed by atoms with van der Waals surface area (Å²) in [6, 6.07) is 12.1. The molecule has 2 aliphatic rings. The van der Waals surface area contributed by atoms with Gasteiger partial charge in [0.1, 0.15) is 5.60 Å². The van der Waals surface area contributed by atoms with E-state index in [9.17, 15) is 4.79 Å². The molecule has 1 atom stereocenters. The first-order valence-corrected chi connectivity index (χ1v) is 11.1. The van der Waals surface area contributed by atoms with E-state index in [1.807, 2.05) is 54.8 Å². The normalized spacial score (nSPS) is 20.4. The molecule has 3 aromatic rings. The highest BCUT2D eigenvalue weighted by Gasteiger charge is 2.48. The van der Waals surface area contributed by atoms with E-state index in [1.165, 1.54) is 5.56 Å². The molecule has 2 saturated heterocycles. The maximum absolute atomic E-state index is 12.9. The van der Waals surface area contributed by atoms with Crippen molar-refractivity contribution in [3.05, 3.63) is 66.1 Å². The van der Waals surface area contributed by atoms with Gasteiger partial charge >= 0.3 is 0 Å². The van der Waals surface area contributed by atoms with Crippen LogP contribution < -0.4 is 0 Å². The van der Waals surface area contributed by atoms with Gasteiger partial charge in [-0.3, -0.25) is 9.78 Å². The number of carbonyl (C=O) groups is 1. The van der Waals surface area contributed by atoms with Gasteiger partial charge in [0, 0.05) is 55.2 Å². The molecular formula is C25H30N4O2. The lowest BCUT2D eigenvalue weighted by Crippen LogP contribution is -2.66. The minimum Gasteiger partial charge on any atom is -0.371 e. The molecule has 0 bridgehead atoms. The number of aromatic nitrogens is 2. The molecule has 162 valence electrons. The zero-order chi connectivity index (χ0) is 21.4. The highest BCUT2D eigenvalue weighted by Crippen LogP contribution is 2.37. The van der Waals surface area contributed by atoms with Gasteiger partial charge in [-0.15, -0.1) is 0 Å². The molecule has 2 fully saturated rings. The van der Waals surface area contributed by atoms with Crippen LogP contribution in [0.2, 0.25) is 0 Å². The minimum absolute atomic E-state index is 0.110. The number of aryl methyl sites for hydroxylation is 1. The monoisotopic (exact) mass is 418 g/mol. The first-order chi connectivity index (χ1) is 15.0. The zero-order valence-corrected chi connectivity index (χ0v) is 18.3. The number of pyridine rings is 1. The highest BCUT2D eigenvalue weighted by molar-refractivity contribution is 5.98. The molecule has 0 radical (unpaired) electrons. The molecule has 6 heteroatoms. The van der Waals surface area contributed by atoms with Gasteiger partial charge in [0.2, 0.25) is 0 Å². The van der Waals surface area contributed by atoms with E-state index >= 15 is 0 Å². The predicted molar refractivity (Wildman–Crippen MR) is 121 cm³/mol. The molecule has 0 unspecified atom stereocenters. The van der Waals surface area contributed by atoms with Crippen LogP contribution in [0.1, 0.15) is 28.8 Å². The third kappa shape index (κ3) is 4.10. The van der Waals surface area contributed by atoms with E-state index in [4.69, 9.17) is 4.74 Å². The summed E-state index contributed by atoms with van der Waals surface area (Å²) in [5, 5.41) is 1.11. The van der Waals surface area contributed by atoms with Gasteiger partial charge in [0.05, 0.1) is 19.7 Å². The molecule has 0 saturated carbocycles. The van der Waals surface area contributed by atoms with Crippen molar-refractivity contribution in [2.45, 2.75) is 25.0 Å². The summed E-state index contributed by atoms with van der Waals surface area (Å²) in [5.74, 6) is 0.649. The van der Waals surface area contributed by atoms with Crippen molar-refractivity contribution in [2.75, 3.05) is 33.3 Å². The number of hydrogen-bond acceptors (Lipinski definition) is 4. The Kier molecular flexibility index (Phi) is 5.28. The van der Waals surface area contributed by atoms with Gasteiger partial charge in [-0.05, 0) is 61.7 Å². The van der Waals surface area contributed by atoms with Crippen molar-refractivity contribution in [1.29, 1.82) is 0 Å². The van der Waals surface area contributed by atoms with E-state index < -0.39 is 0 Å². The fraction of sp³-hybridized carbons (Fsp3) is 0.440. The summed E-state index contributed by atoms with van der Waals surface area (Å²) in [6.07, 6.45) is 7.94. The predicted octanol–water partition coefficient (Wildman–Crippen LogP) is 3.33. The van der Waals surface area contributed by atoms with Crippen LogP contribution in [0.3, 0.4) is 0 Å². The summed E-state index contributed by atoms with van der Waals surface area (Å²) in [4.78, 5) is 21.4. The second kappa shape index (κ2) is 8.09. The number of carbonyl (C=O) groups excluding carboxylic acids is 1. The van der Waals surface area contributed by atoms with Gasteiger partial charge in [-0.2, -0.15) is 0 Å². The third-order valence-corrected chi connectivity index (χ3v) is 6.76. The number of rotatable bonds is 5. The zero-order valence-electron chi connectivity index (χ0n) is 18.3. The Morgan fingerprint density at radius 3 is 2.90 bits per heavy atom. The molecule has 2 aliphatic heterocycles. The van der Waals surface area contributed by atoms with Gasteiger partial charge < -0.3 is 19.1 Å². The van der Waals surface area contributed by atoms with E-state index in [1.54, 1.807) is 0 Å². The van der Waals surface area contributed by atoms with Gasteiger partial charge in [-0.1, -0.05) is 6.07 Å². The second-order valence-electron chi connectivity index (χ2n) is 9.32. The van der Waals surface area contributed by atoms with Crippen molar-refractivity contribution in [3.63, 3.8) is 0 Å². The molecule has 1 spiro atoms.